The Kier molecular flexibility index (Phi) is 6.84. The van der Waals surface area contributed by atoms with E-state index in [1.807, 2.05) is 49.6 Å². The number of thioether (sulfide) groups is 1. The molecule has 0 radical (unpaired) electrons. The molecule has 0 saturated heterocycles. The minimum atomic E-state index is -0.226. The summed E-state index contributed by atoms with van der Waals surface area (Å²) < 4.78 is 0.857. The Morgan fingerprint density at radius 1 is 1.11 bits per heavy atom. The lowest BCUT2D eigenvalue weighted by molar-refractivity contribution is -0.113. The third-order valence-electron chi connectivity index (χ3n) is 4.02. The van der Waals surface area contributed by atoms with Crippen molar-refractivity contribution in [1.29, 1.82) is 0 Å². The zero-order valence-corrected chi connectivity index (χ0v) is 17.3. The van der Waals surface area contributed by atoms with Gasteiger partial charge in [-0.1, -0.05) is 54.2 Å². The van der Waals surface area contributed by atoms with Gasteiger partial charge in [-0.15, -0.1) is 11.3 Å². The summed E-state index contributed by atoms with van der Waals surface area (Å²) in [4.78, 5) is 29.4. The van der Waals surface area contributed by atoms with E-state index in [1.54, 1.807) is 24.3 Å². The van der Waals surface area contributed by atoms with Crippen LogP contribution in [0.3, 0.4) is 0 Å². The molecule has 144 valence electrons. The van der Waals surface area contributed by atoms with Crippen LogP contribution in [-0.4, -0.2) is 22.6 Å². The number of thiazole rings is 1. The molecule has 1 heterocycles. The van der Waals surface area contributed by atoms with Crippen LogP contribution in [0.1, 0.15) is 34.6 Å². The molecule has 28 heavy (non-hydrogen) atoms. The lowest BCUT2D eigenvalue weighted by atomic mass is 10.1. The lowest BCUT2D eigenvalue weighted by Crippen LogP contribution is -2.28. The molecule has 0 spiro atoms. The van der Waals surface area contributed by atoms with E-state index in [0.29, 0.717) is 11.3 Å². The molecule has 1 atom stereocenters. The van der Waals surface area contributed by atoms with E-state index < -0.39 is 0 Å². The molecule has 2 N–H and O–H groups in total. The van der Waals surface area contributed by atoms with Crippen LogP contribution >= 0.6 is 23.1 Å². The van der Waals surface area contributed by atoms with Crippen molar-refractivity contribution in [2.45, 2.75) is 24.2 Å². The summed E-state index contributed by atoms with van der Waals surface area (Å²) in [6.07, 6.45) is 0. The van der Waals surface area contributed by atoms with Crippen molar-refractivity contribution in [3.63, 3.8) is 0 Å². The van der Waals surface area contributed by atoms with E-state index in [2.05, 4.69) is 15.6 Å². The first-order valence-corrected chi connectivity index (χ1v) is 10.7. The maximum atomic E-state index is 12.7. The highest BCUT2D eigenvalue weighted by Gasteiger charge is 2.16. The fraction of sp³-hybridized carbons (Fsp3) is 0.190. The third-order valence-corrected chi connectivity index (χ3v) is 6.16. The summed E-state index contributed by atoms with van der Waals surface area (Å²) in [6.45, 7) is 3.85. The Hall–Kier alpha value is -2.64. The van der Waals surface area contributed by atoms with Gasteiger partial charge in [-0.2, -0.15) is 0 Å². The lowest BCUT2D eigenvalue weighted by Gasteiger charge is -2.16. The number of nitrogens with zero attached hydrogens (tertiary/aromatic N) is 1. The van der Waals surface area contributed by atoms with Crippen molar-refractivity contribution in [3.8, 4) is 0 Å². The number of para-hydroxylation sites is 1. The summed E-state index contributed by atoms with van der Waals surface area (Å²) in [5.74, 6) is -0.159. The highest BCUT2D eigenvalue weighted by Crippen LogP contribution is 2.23. The number of anilines is 1. The van der Waals surface area contributed by atoms with Crippen molar-refractivity contribution in [2.75, 3.05) is 11.1 Å². The number of hydrogen-bond donors (Lipinski definition) is 2. The van der Waals surface area contributed by atoms with E-state index in [0.717, 1.165) is 15.6 Å². The van der Waals surface area contributed by atoms with Gasteiger partial charge in [-0.05, 0) is 31.5 Å². The average Bonchev–Trinajstić information content (AvgIpc) is 3.12. The fourth-order valence-electron chi connectivity index (χ4n) is 2.60. The van der Waals surface area contributed by atoms with Crippen LogP contribution in [0, 0.1) is 6.92 Å². The number of hydrogen-bond acceptors (Lipinski definition) is 5. The fourth-order valence-corrected chi connectivity index (χ4v) is 4.25. The van der Waals surface area contributed by atoms with Crippen LogP contribution in [0.4, 0.5) is 5.69 Å². The Labute approximate surface area is 172 Å². The van der Waals surface area contributed by atoms with Crippen LogP contribution in [0.5, 0.6) is 0 Å². The Morgan fingerprint density at radius 2 is 1.82 bits per heavy atom. The Bertz CT molecular complexity index is 957. The summed E-state index contributed by atoms with van der Waals surface area (Å²) >= 11 is 2.90. The number of carbonyl (C=O) groups is 2. The molecule has 2 aromatic carbocycles. The molecule has 0 bridgehead atoms. The zero-order chi connectivity index (χ0) is 19.9. The summed E-state index contributed by atoms with van der Waals surface area (Å²) in [7, 11) is 0. The molecular weight excluding hydrogens is 390 g/mol. The predicted octanol–water partition coefficient (Wildman–Crippen LogP) is 4.67. The number of benzene rings is 2. The topological polar surface area (TPSA) is 71.1 Å². The zero-order valence-electron chi connectivity index (χ0n) is 15.6. The molecule has 0 aliphatic rings. The predicted molar refractivity (Wildman–Crippen MR) is 115 cm³/mol. The van der Waals surface area contributed by atoms with Gasteiger partial charge in [-0.25, -0.2) is 4.98 Å². The highest BCUT2D eigenvalue weighted by molar-refractivity contribution is 8.01. The Morgan fingerprint density at radius 3 is 2.54 bits per heavy atom. The normalized spacial score (nSPS) is 11.6. The first-order chi connectivity index (χ1) is 13.5. The van der Waals surface area contributed by atoms with Crippen molar-refractivity contribution in [2.24, 2.45) is 0 Å². The van der Waals surface area contributed by atoms with Crippen LogP contribution in [0.25, 0.3) is 0 Å². The van der Waals surface area contributed by atoms with Gasteiger partial charge in [0.2, 0.25) is 5.91 Å². The molecule has 2 amide bonds. The highest BCUT2D eigenvalue weighted by atomic mass is 32.2. The van der Waals surface area contributed by atoms with Crippen LogP contribution in [0.2, 0.25) is 0 Å². The molecule has 0 fully saturated rings. The van der Waals surface area contributed by atoms with E-state index in [4.69, 9.17) is 0 Å². The van der Waals surface area contributed by atoms with E-state index in [-0.39, 0.29) is 23.6 Å². The molecule has 1 aromatic heterocycles. The largest absolute Gasteiger partial charge is 0.345 e. The molecule has 0 saturated carbocycles. The molecular formula is C21H21N3O2S2. The molecule has 5 nitrogen and oxygen atoms in total. The minimum absolute atomic E-state index is 0.138. The monoisotopic (exact) mass is 411 g/mol. The summed E-state index contributed by atoms with van der Waals surface area (Å²) in [5.41, 5.74) is 2.91. The third kappa shape index (κ3) is 5.43. The SMILES string of the molecule is Cc1csc(SCC(=O)Nc2ccccc2C(=O)NC(C)c2ccccc2)n1. The quantitative estimate of drug-likeness (QED) is 0.554. The van der Waals surface area contributed by atoms with Gasteiger partial charge in [0.1, 0.15) is 0 Å². The van der Waals surface area contributed by atoms with Crippen LogP contribution < -0.4 is 10.6 Å². The minimum Gasteiger partial charge on any atom is -0.345 e. The number of carbonyl (C=O) groups excluding carboxylic acids is 2. The van der Waals surface area contributed by atoms with E-state index in [9.17, 15) is 9.59 Å². The number of amides is 2. The Balaban J connectivity index is 1.63. The number of aryl methyl sites for hydroxylation is 1. The number of rotatable bonds is 7. The summed E-state index contributed by atoms with van der Waals surface area (Å²) in [5, 5.41) is 7.77. The molecule has 0 aliphatic heterocycles. The van der Waals surface area contributed by atoms with E-state index in [1.165, 1.54) is 23.1 Å². The first-order valence-electron chi connectivity index (χ1n) is 8.82. The summed E-state index contributed by atoms with van der Waals surface area (Å²) in [6, 6.07) is 16.6. The molecule has 3 aromatic rings. The van der Waals surface area contributed by atoms with Gasteiger partial charge in [0, 0.05) is 11.1 Å². The molecule has 1 unspecified atom stereocenters. The molecule has 0 aliphatic carbocycles. The van der Waals surface area contributed by atoms with Crippen molar-refractivity contribution in [1.82, 2.24) is 10.3 Å². The second kappa shape index (κ2) is 9.52. The first kappa shape index (κ1) is 20.1. The van der Waals surface area contributed by atoms with Gasteiger partial charge >= 0.3 is 0 Å². The van der Waals surface area contributed by atoms with Crippen molar-refractivity contribution in [3.05, 3.63) is 76.8 Å². The van der Waals surface area contributed by atoms with Crippen molar-refractivity contribution >= 4 is 40.6 Å². The maximum absolute atomic E-state index is 12.7. The van der Waals surface area contributed by atoms with Gasteiger partial charge in [0.15, 0.2) is 4.34 Å². The number of aromatic nitrogens is 1. The van der Waals surface area contributed by atoms with Gasteiger partial charge < -0.3 is 10.6 Å². The van der Waals surface area contributed by atoms with Crippen molar-refractivity contribution < 1.29 is 9.59 Å². The second-order valence-electron chi connectivity index (χ2n) is 6.24. The smallest absolute Gasteiger partial charge is 0.253 e. The number of nitrogens with one attached hydrogen (secondary N) is 2. The van der Waals surface area contributed by atoms with E-state index >= 15 is 0 Å². The van der Waals surface area contributed by atoms with Gasteiger partial charge in [0.25, 0.3) is 5.91 Å². The average molecular weight is 412 g/mol. The van der Waals surface area contributed by atoms with Crippen LogP contribution in [0.15, 0.2) is 64.3 Å². The molecule has 3 rings (SSSR count). The molecule has 7 heteroatoms. The van der Waals surface area contributed by atoms with Crippen LogP contribution in [-0.2, 0) is 4.79 Å². The van der Waals surface area contributed by atoms with Gasteiger partial charge in [0.05, 0.1) is 23.0 Å². The maximum Gasteiger partial charge on any atom is 0.253 e. The standard InChI is InChI=1S/C21H21N3O2S2/c1-14-12-27-21(22-14)28-13-19(25)24-18-11-7-6-10-17(18)20(26)23-15(2)16-8-4-3-5-9-16/h3-12,15H,13H2,1-2H3,(H,23,26)(H,24,25). The van der Waals surface area contributed by atoms with Gasteiger partial charge in [-0.3, -0.25) is 9.59 Å². The second-order valence-corrected chi connectivity index (χ2v) is 8.32.